The van der Waals surface area contributed by atoms with Gasteiger partial charge in [-0.15, -0.1) is 0 Å². The fourth-order valence-electron chi connectivity index (χ4n) is 9.81. The third-order valence-corrected chi connectivity index (χ3v) is 11.8. The molecule has 1 heterocycles. The van der Waals surface area contributed by atoms with Gasteiger partial charge in [0.05, 0.1) is 12.5 Å². The number of benzene rings is 2. The summed E-state index contributed by atoms with van der Waals surface area (Å²) in [4.78, 5) is 40.3. The molecule has 4 fully saturated rings. The summed E-state index contributed by atoms with van der Waals surface area (Å²) in [5.74, 6) is 1.03. The zero-order chi connectivity index (χ0) is 28.8. The van der Waals surface area contributed by atoms with E-state index in [2.05, 4.69) is 43.4 Å². The van der Waals surface area contributed by atoms with Gasteiger partial charge in [-0.1, -0.05) is 74.5 Å². The summed E-state index contributed by atoms with van der Waals surface area (Å²) in [5, 5.41) is 12.8. The average molecular weight is 557 g/mol. The van der Waals surface area contributed by atoms with Crippen molar-refractivity contribution in [3.63, 3.8) is 0 Å². The lowest BCUT2D eigenvalue weighted by atomic mass is 9.46. The number of piperidine rings is 1. The first-order valence-corrected chi connectivity index (χ1v) is 15.6. The van der Waals surface area contributed by atoms with Crippen LogP contribution in [0.4, 0.5) is 0 Å². The maximum atomic E-state index is 14.1. The Kier molecular flexibility index (Phi) is 7.46. The topological polar surface area (TPSA) is 86.7 Å². The average Bonchev–Trinajstić information content (AvgIpc) is 3.34. The Labute approximate surface area is 243 Å². The number of hydrogen-bond donors (Lipinski definition) is 2. The number of rotatable bonds is 7. The Morgan fingerprint density at radius 2 is 1.51 bits per heavy atom. The van der Waals surface area contributed by atoms with Crippen LogP contribution in [-0.4, -0.2) is 40.4 Å². The molecule has 2 N–H and O–H groups in total. The van der Waals surface area contributed by atoms with Crippen molar-refractivity contribution in [2.45, 2.75) is 83.7 Å². The summed E-state index contributed by atoms with van der Waals surface area (Å²) in [6, 6.07) is 20.5. The van der Waals surface area contributed by atoms with Crippen LogP contribution in [0.2, 0.25) is 0 Å². The molecule has 3 aliphatic carbocycles. The Bertz CT molecular complexity index is 1240. The first-order valence-electron chi connectivity index (χ1n) is 15.6. The zero-order valence-corrected chi connectivity index (χ0v) is 24.4. The molecule has 41 heavy (non-hydrogen) atoms. The number of nitrogens with one attached hydrogen (secondary N) is 1. The first-order chi connectivity index (χ1) is 19.7. The molecule has 1 saturated heterocycles. The summed E-state index contributed by atoms with van der Waals surface area (Å²) in [6.45, 7) is 5.07. The molecule has 0 spiro atoms. The molecule has 4 aliphatic rings. The van der Waals surface area contributed by atoms with E-state index < -0.39 is 5.97 Å². The smallest absolute Gasteiger partial charge is 0.305 e. The predicted molar refractivity (Wildman–Crippen MR) is 158 cm³/mol. The van der Waals surface area contributed by atoms with Gasteiger partial charge in [0.25, 0.3) is 0 Å². The molecule has 2 aromatic carbocycles. The minimum Gasteiger partial charge on any atom is -0.481 e. The Hall–Kier alpha value is -3.15. The monoisotopic (exact) mass is 556 g/mol. The quantitative estimate of drug-likeness (QED) is 0.424. The maximum absolute atomic E-state index is 14.1. The maximum Gasteiger partial charge on any atom is 0.305 e. The van der Waals surface area contributed by atoms with Gasteiger partial charge in [0.15, 0.2) is 0 Å². The van der Waals surface area contributed by atoms with Crippen molar-refractivity contribution in [1.82, 2.24) is 10.2 Å². The van der Waals surface area contributed by atoms with Gasteiger partial charge < -0.3 is 15.3 Å². The molecule has 0 unspecified atom stereocenters. The Morgan fingerprint density at radius 1 is 0.878 bits per heavy atom. The number of carboxylic acids is 1. The zero-order valence-electron chi connectivity index (χ0n) is 24.4. The molecule has 0 radical (unpaired) electrons. The highest BCUT2D eigenvalue weighted by Crippen LogP contribution is 2.66. The van der Waals surface area contributed by atoms with Gasteiger partial charge in [0, 0.05) is 24.9 Å². The molecular weight excluding hydrogens is 512 g/mol. The van der Waals surface area contributed by atoms with Gasteiger partial charge in [-0.2, -0.15) is 0 Å². The standard InChI is InChI=1S/C35H44N2O4/c1-34-20-17-27-25(13-16-29-35(27,2)21-18-30(38)37(29)22-19-31(39)40)26(34)14-15-28(34)33(41)36-32(23-9-5-3-6-10-23)24-11-7-4-8-12-24/h3-12,25-29,32H,13-22H2,1-2H3,(H,36,41)(H,39,40)/t25-,26-,27-,28+,29+,34-,35+/m0/s1. The largest absolute Gasteiger partial charge is 0.481 e. The van der Waals surface area contributed by atoms with E-state index in [1.165, 1.54) is 0 Å². The lowest BCUT2D eigenvalue weighted by Gasteiger charge is -2.62. The van der Waals surface area contributed by atoms with Gasteiger partial charge >= 0.3 is 5.97 Å². The van der Waals surface area contributed by atoms with E-state index in [0.717, 1.165) is 56.1 Å². The number of hydrogen-bond acceptors (Lipinski definition) is 3. The highest BCUT2D eigenvalue weighted by atomic mass is 16.4. The second-order valence-electron chi connectivity index (χ2n) is 13.6. The second kappa shape index (κ2) is 10.9. The summed E-state index contributed by atoms with van der Waals surface area (Å²) in [7, 11) is 0. The van der Waals surface area contributed by atoms with Crippen molar-refractivity contribution in [2.75, 3.05) is 6.54 Å². The summed E-state index contributed by atoms with van der Waals surface area (Å²) in [6.07, 6.45) is 7.54. The van der Waals surface area contributed by atoms with Crippen LogP contribution in [0.1, 0.15) is 88.8 Å². The summed E-state index contributed by atoms with van der Waals surface area (Å²) >= 11 is 0. The van der Waals surface area contributed by atoms with E-state index in [1.54, 1.807) is 0 Å². The number of carbonyl (C=O) groups excluding carboxylic acids is 2. The molecule has 7 atom stereocenters. The minimum atomic E-state index is -0.843. The molecule has 1 aliphatic heterocycles. The van der Waals surface area contributed by atoms with Crippen molar-refractivity contribution in [1.29, 1.82) is 0 Å². The van der Waals surface area contributed by atoms with Gasteiger partial charge in [-0.25, -0.2) is 0 Å². The molecule has 2 aromatic rings. The summed E-state index contributed by atoms with van der Waals surface area (Å²) in [5.41, 5.74) is 2.18. The number of nitrogens with zero attached hydrogens (tertiary/aromatic N) is 1. The van der Waals surface area contributed by atoms with Crippen molar-refractivity contribution >= 4 is 17.8 Å². The van der Waals surface area contributed by atoms with E-state index in [-0.39, 0.29) is 47.1 Å². The third kappa shape index (κ3) is 4.87. The molecule has 6 nitrogen and oxygen atoms in total. The summed E-state index contributed by atoms with van der Waals surface area (Å²) < 4.78 is 0. The Morgan fingerprint density at radius 3 is 2.15 bits per heavy atom. The van der Waals surface area contributed by atoms with E-state index >= 15 is 0 Å². The number of amides is 2. The highest BCUT2D eigenvalue weighted by molar-refractivity contribution is 5.81. The van der Waals surface area contributed by atoms with Crippen LogP contribution in [0.3, 0.4) is 0 Å². The fraction of sp³-hybridized carbons (Fsp3) is 0.571. The van der Waals surface area contributed by atoms with Crippen LogP contribution < -0.4 is 5.32 Å². The number of carboxylic acid groups (broad SMARTS) is 1. The molecular formula is C35H44N2O4. The van der Waals surface area contributed by atoms with E-state index in [1.807, 2.05) is 41.3 Å². The fourth-order valence-corrected chi connectivity index (χ4v) is 9.81. The van der Waals surface area contributed by atoms with Crippen molar-refractivity contribution in [2.24, 2.45) is 34.5 Å². The second-order valence-corrected chi connectivity index (χ2v) is 13.6. The number of carbonyl (C=O) groups is 3. The molecule has 2 amide bonds. The number of fused-ring (bicyclic) bond motifs is 5. The lowest BCUT2D eigenvalue weighted by molar-refractivity contribution is -0.164. The van der Waals surface area contributed by atoms with Crippen molar-refractivity contribution in [3.05, 3.63) is 71.8 Å². The van der Waals surface area contributed by atoms with Gasteiger partial charge in [-0.05, 0) is 84.7 Å². The normalized spacial score (nSPS) is 34.5. The predicted octanol–water partition coefficient (Wildman–Crippen LogP) is 6.22. The van der Waals surface area contributed by atoms with Crippen LogP contribution in [0, 0.1) is 34.5 Å². The third-order valence-electron chi connectivity index (χ3n) is 11.8. The van der Waals surface area contributed by atoms with Crippen LogP contribution in [0.25, 0.3) is 0 Å². The molecule has 6 rings (SSSR count). The van der Waals surface area contributed by atoms with Crippen LogP contribution in [0.5, 0.6) is 0 Å². The van der Waals surface area contributed by atoms with Gasteiger partial charge in [0.1, 0.15) is 0 Å². The van der Waals surface area contributed by atoms with Gasteiger partial charge in [0.2, 0.25) is 11.8 Å². The molecule has 218 valence electrons. The van der Waals surface area contributed by atoms with Crippen molar-refractivity contribution < 1.29 is 19.5 Å². The van der Waals surface area contributed by atoms with Crippen LogP contribution in [0.15, 0.2) is 60.7 Å². The lowest BCUT2D eigenvalue weighted by Crippen LogP contribution is -2.62. The molecule has 6 heteroatoms. The van der Waals surface area contributed by atoms with Crippen LogP contribution in [-0.2, 0) is 14.4 Å². The first kappa shape index (κ1) is 28.0. The highest BCUT2D eigenvalue weighted by Gasteiger charge is 2.62. The van der Waals surface area contributed by atoms with Crippen molar-refractivity contribution in [3.8, 4) is 0 Å². The number of aliphatic carboxylic acids is 1. The number of likely N-dealkylation sites (tertiary alicyclic amines) is 1. The Balaban J connectivity index is 1.21. The van der Waals surface area contributed by atoms with E-state index in [9.17, 15) is 19.5 Å². The SMILES string of the molecule is C[C@]12CC[C@H]3[C@@H](CC[C@H]4N(CCC(=O)O)C(=O)CC[C@]34C)[C@@H]1CC[C@@H]2C(=O)NC(c1ccccc1)c1ccccc1. The van der Waals surface area contributed by atoms with Crippen LogP contribution >= 0.6 is 0 Å². The molecule has 3 saturated carbocycles. The molecule has 0 aromatic heterocycles. The van der Waals surface area contributed by atoms with Gasteiger partial charge in [-0.3, -0.25) is 14.4 Å². The minimum absolute atomic E-state index is 0.00565. The molecule has 0 bridgehead atoms. The van der Waals surface area contributed by atoms with E-state index in [4.69, 9.17) is 0 Å². The van der Waals surface area contributed by atoms with E-state index in [0.29, 0.717) is 30.7 Å².